The first kappa shape index (κ1) is 11.4. The molecule has 1 heterocycles. The van der Waals surface area contributed by atoms with Gasteiger partial charge in [0, 0.05) is 24.7 Å². The molecule has 0 aromatic heterocycles. The summed E-state index contributed by atoms with van der Waals surface area (Å²) >= 11 is 0. The quantitative estimate of drug-likeness (QED) is 0.665. The lowest BCUT2D eigenvalue weighted by Gasteiger charge is -2.31. The topological polar surface area (TPSA) is 32.1 Å². The number of piperidine rings is 1. The largest absolute Gasteiger partial charge is 0.357 e. The molecule has 0 bridgehead atoms. The Morgan fingerprint density at radius 2 is 1.53 bits per heavy atom. The highest BCUT2D eigenvalue weighted by molar-refractivity contribution is 4.66. The molecule has 0 aromatic carbocycles. The van der Waals surface area contributed by atoms with Gasteiger partial charge in [-0.3, -0.25) is 0 Å². The van der Waals surface area contributed by atoms with Crippen molar-refractivity contribution in [3.63, 3.8) is 0 Å². The molecule has 2 nitrogen and oxygen atoms in total. The summed E-state index contributed by atoms with van der Waals surface area (Å²) in [6.45, 7) is 5.49. The molecule has 0 atom stereocenters. The van der Waals surface area contributed by atoms with Crippen LogP contribution < -0.4 is 10.6 Å². The second kappa shape index (κ2) is 5.86. The van der Waals surface area contributed by atoms with Crippen LogP contribution in [0.1, 0.15) is 44.9 Å². The number of likely N-dealkylation sites (tertiary alicyclic amines) is 1. The van der Waals surface area contributed by atoms with E-state index in [1.54, 1.807) is 0 Å². The van der Waals surface area contributed by atoms with Gasteiger partial charge in [0.1, 0.15) is 0 Å². The average molecular weight is 212 g/mol. The summed E-state index contributed by atoms with van der Waals surface area (Å²) < 4.78 is 0. The molecule has 1 aliphatic carbocycles. The van der Waals surface area contributed by atoms with Crippen molar-refractivity contribution in [1.82, 2.24) is 0 Å². The molecule has 0 spiro atoms. The number of quaternary nitrogens is 2. The van der Waals surface area contributed by atoms with Crippen molar-refractivity contribution in [1.29, 1.82) is 0 Å². The van der Waals surface area contributed by atoms with Crippen molar-refractivity contribution in [2.75, 3.05) is 26.2 Å². The maximum atomic E-state index is 4.04. The normalized spacial score (nSPS) is 34.2. The Balaban J connectivity index is 1.67. The van der Waals surface area contributed by atoms with Crippen molar-refractivity contribution < 1.29 is 10.6 Å². The van der Waals surface area contributed by atoms with E-state index in [1.165, 1.54) is 64.6 Å². The summed E-state index contributed by atoms with van der Waals surface area (Å²) in [4.78, 5) is 1.90. The van der Waals surface area contributed by atoms with Crippen LogP contribution in [0.15, 0.2) is 0 Å². The SMILES string of the molecule is [NH3+]CC1CC[NH+](CC2CCCCC2)CC1. The second-order valence-electron chi connectivity index (χ2n) is 5.69. The van der Waals surface area contributed by atoms with Gasteiger partial charge in [-0.2, -0.15) is 0 Å². The van der Waals surface area contributed by atoms with Gasteiger partial charge < -0.3 is 10.6 Å². The predicted octanol–water partition coefficient (Wildman–Crippen LogP) is 0.104. The van der Waals surface area contributed by atoms with Gasteiger partial charge in [0.15, 0.2) is 0 Å². The van der Waals surface area contributed by atoms with E-state index >= 15 is 0 Å². The van der Waals surface area contributed by atoms with Crippen LogP contribution in [-0.2, 0) is 0 Å². The van der Waals surface area contributed by atoms with Crippen LogP contribution in [0, 0.1) is 11.8 Å². The zero-order valence-corrected chi connectivity index (χ0v) is 10.1. The summed E-state index contributed by atoms with van der Waals surface area (Å²) in [7, 11) is 0. The van der Waals surface area contributed by atoms with Crippen molar-refractivity contribution in [3.8, 4) is 0 Å². The van der Waals surface area contributed by atoms with Gasteiger partial charge in [0.05, 0.1) is 26.2 Å². The van der Waals surface area contributed by atoms with Crippen LogP contribution in [0.4, 0.5) is 0 Å². The van der Waals surface area contributed by atoms with E-state index < -0.39 is 0 Å². The summed E-state index contributed by atoms with van der Waals surface area (Å²) in [6.07, 6.45) is 10.4. The average Bonchev–Trinajstić information content (AvgIpc) is 2.31. The third kappa shape index (κ3) is 3.46. The molecule has 2 fully saturated rings. The summed E-state index contributed by atoms with van der Waals surface area (Å²) in [6, 6.07) is 0. The van der Waals surface area contributed by atoms with Crippen LogP contribution >= 0.6 is 0 Å². The Hall–Kier alpha value is -0.0800. The van der Waals surface area contributed by atoms with Crippen molar-refractivity contribution >= 4 is 0 Å². The highest BCUT2D eigenvalue weighted by atomic mass is 15.1. The predicted molar refractivity (Wildman–Crippen MR) is 62.6 cm³/mol. The van der Waals surface area contributed by atoms with Gasteiger partial charge in [-0.05, 0) is 12.8 Å². The molecule has 2 aliphatic rings. The van der Waals surface area contributed by atoms with Crippen molar-refractivity contribution in [2.45, 2.75) is 44.9 Å². The highest BCUT2D eigenvalue weighted by Gasteiger charge is 2.25. The van der Waals surface area contributed by atoms with Gasteiger partial charge in [0.25, 0.3) is 0 Å². The second-order valence-corrected chi connectivity index (χ2v) is 5.69. The summed E-state index contributed by atoms with van der Waals surface area (Å²) in [5.41, 5.74) is 4.04. The van der Waals surface area contributed by atoms with Crippen LogP contribution in [0.5, 0.6) is 0 Å². The van der Waals surface area contributed by atoms with E-state index in [2.05, 4.69) is 5.73 Å². The molecule has 15 heavy (non-hydrogen) atoms. The molecular formula is C13H28N2+2. The van der Waals surface area contributed by atoms with Crippen LogP contribution in [0.25, 0.3) is 0 Å². The Morgan fingerprint density at radius 3 is 2.13 bits per heavy atom. The molecule has 88 valence electrons. The maximum absolute atomic E-state index is 4.04. The zero-order chi connectivity index (χ0) is 10.5. The first-order valence-corrected chi connectivity index (χ1v) is 7.01. The molecule has 1 saturated carbocycles. The fourth-order valence-electron chi connectivity index (χ4n) is 3.38. The summed E-state index contributed by atoms with van der Waals surface area (Å²) in [5, 5.41) is 0. The molecule has 0 radical (unpaired) electrons. The maximum Gasteiger partial charge on any atom is 0.0799 e. The van der Waals surface area contributed by atoms with Crippen LogP contribution in [0.3, 0.4) is 0 Å². The standard InChI is InChI=1S/C13H26N2/c14-10-12-6-8-15(9-7-12)11-13-4-2-1-3-5-13/h12-13H,1-11,14H2/p+2. The number of rotatable bonds is 3. The van der Waals surface area contributed by atoms with Gasteiger partial charge >= 0.3 is 0 Å². The van der Waals surface area contributed by atoms with Gasteiger partial charge in [-0.1, -0.05) is 19.3 Å². The molecule has 4 N–H and O–H groups in total. The fourth-order valence-corrected chi connectivity index (χ4v) is 3.38. The molecule has 2 rings (SSSR count). The van der Waals surface area contributed by atoms with Gasteiger partial charge in [0.2, 0.25) is 0 Å². The number of hydrogen-bond acceptors (Lipinski definition) is 0. The lowest BCUT2D eigenvalue weighted by molar-refractivity contribution is -0.910. The lowest BCUT2D eigenvalue weighted by atomic mass is 9.88. The minimum absolute atomic E-state index is 0.945. The Bertz CT molecular complexity index is 167. The minimum Gasteiger partial charge on any atom is -0.357 e. The van der Waals surface area contributed by atoms with E-state index in [0.29, 0.717) is 0 Å². The zero-order valence-electron chi connectivity index (χ0n) is 10.1. The first-order chi connectivity index (χ1) is 7.38. The Kier molecular flexibility index (Phi) is 4.45. The highest BCUT2D eigenvalue weighted by Crippen LogP contribution is 2.22. The molecule has 2 heteroatoms. The number of nitrogens with one attached hydrogen (secondary N) is 1. The first-order valence-electron chi connectivity index (χ1n) is 7.01. The van der Waals surface area contributed by atoms with Crippen molar-refractivity contribution in [3.05, 3.63) is 0 Å². The lowest BCUT2D eigenvalue weighted by Crippen LogP contribution is -3.13. The van der Waals surface area contributed by atoms with E-state index in [0.717, 1.165) is 18.4 Å². The fraction of sp³-hybridized carbons (Fsp3) is 1.00. The molecule has 0 aromatic rings. The van der Waals surface area contributed by atoms with Gasteiger partial charge in [-0.25, -0.2) is 0 Å². The number of hydrogen-bond donors (Lipinski definition) is 2. The Morgan fingerprint density at radius 1 is 0.867 bits per heavy atom. The van der Waals surface area contributed by atoms with Crippen LogP contribution in [-0.4, -0.2) is 26.2 Å². The minimum atomic E-state index is 0.945. The van der Waals surface area contributed by atoms with E-state index in [4.69, 9.17) is 0 Å². The van der Waals surface area contributed by atoms with E-state index in [-0.39, 0.29) is 0 Å². The van der Waals surface area contributed by atoms with Gasteiger partial charge in [-0.15, -0.1) is 0 Å². The smallest absolute Gasteiger partial charge is 0.0799 e. The summed E-state index contributed by atoms with van der Waals surface area (Å²) in [5.74, 6) is 2.00. The molecular weight excluding hydrogens is 184 g/mol. The molecule has 1 saturated heterocycles. The van der Waals surface area contributed by atoms with Crippen molar-refractivity contribution in [2.24, 2.45) is 11.8 Å². The van der Waals surface area contributed by atoms with E-state index in [1.807, 2.05) is 4.90 Å². The Labute approximate surface area is 94.2 Å². The third-order valence-electron chi connectivity index (χ3n) is 4.52. The molecule has 0 unspecified atom stereocenters. The third-order valence-corrected chi connectivity index (χ3v) is 4.52. The molecule has 1 aliphatic heterocycles. The molecule has 0 amide bonds. The van der Waals surface area contributed by atoms with E-state index in [9.17, 15) is 0 Å². The monoisotopic (exact) mass is 212 g/mol. The van der Waals surface area contributed by atoms with Crippen LogP contribution in [0.2, 0.25) is 0 Å².